The van der Waals surface area contributed by atoms with E-state index in [4.69, 9.17) is 15.0 Å². The standard InChI is InChI=1S/C21H20N4O2S/c22-13-16-5-1-3-7-18(16)27-15-21(26)25-11-9-24(10-12-25)14-20-23-17-6-2-4-8-19(17)28-20/h1-8H,9-12,14-15H2. The number of piperazine rings is 1. The van der Waals surface area contributed by atoms with Gasteiger partial charge in [0.05, 0.1) is 22.3 Å². The van der Waals surface area contributed by atoms with Gasteiger partial charge >= 0.3 is 0 Å². The third-order valence-corrected chi connectivity index (χ3v) is 5.80. The third-order valence-electron chi connectivity index (χ3n) is 4.78. The Morgan fingerprint density at radius 1 is 1.11 bits per heavy atom. The molecule has 4 rings (SSSR count). The fourth-order valence-corrected chi connectivity index (χ4v) is 4.26. The van der Waals surface area contributed by atoms with E-state index < -0.39 is 0 Å². The Kier molecular flexibility index (Phi) is 5.51. The molecule has 1 aromatic heterocycles. The molecule has 7 heteroatoms. The summed E-state index contributed by atoms with van der Waals surface area (Å²) in [6, 6.07) is 17.2. The molecule has 0 aliphatic carbocycles. The number of carbonyl (C=O) groups is 1. The number of nitriles is 1. The molecule has 2 aromatic carbocycles. The molecule has 0 radical (unpaired) electrons. The number of ether oxygens (including phenoxy) is 1. The first-order valence-corrected chi connectivity index (χ1v) is 10.0. The zero-order chi connectivity index (χ0) is 19.3. The maximum atomic E-state index is 12.4. The maximum Gasteiger partial charge on any atom is 0.260 e. The lowest BCUT2D eigenvalue weighted by atomic mass is 10.2. The summed E-state index contributed by atoms with van der Waals surface area (Å²) in [6.45, 7) is 3.75. The number of carbonyl (C=O) groups excluding carboxylic acids is 1. The molecule has 6 nitrogen and oxygen atoms in total. The maximum absolute atomic E-state index is 12.4. The molecule has 1 aliphatic heterocycles. The smallest absolute Gasteiger partial charge is 0.260 e. The van der Waals surface area contributed by atoms with Gasteiger partial charge in [-0.2, -0.15) is 5.26 Å². The van der Waals surface area contributed by atoms with Crippen LogP contribution in [0.3, 0.4) is 0 Å². The number of nitrogens with zero attached hydrogens (tertiary/aromatic N) is 4. The Balaban J connectivity index is 1.27. The number of hydrogen-bond donors (Lipinski definition) is 0. The number of thiazole rings is 1. The van der Waals surface area contributed by atoms with Crippen molar-refractivity contribution in [1.29, 1.82) is 5.26 Å². The van der Waals surface area contributed by atoms with Crippen LogP contribution < -0.4 is 4.74 Å². The van der Waals surface area contributed by atoms with E-state index in [0.717, 1.165) is 30.2 Å². The highest BCUT2D eigenvalue weighted by molar-refractivity contribution is 7.18. The Labute approximate surface area is 167 Å². The van der Waals surface area contributed by atoms with Gasteiger partial charge in [0.15, 0.2) is 6.61 Å². The minimum absolute atomic E-state index is 0.0451. The molecule has 0 N–H and O–H groups in total. The van der Waals surface area contributed by atoms with E-state index in [9.17, 15) is 4.79 Å². The summed E-state index contributed by atoms with van der Waals surface area (Å²) in [5.41, 5.74) is 1.49. The fourth-order valence-electron chi connectivity index (χ4n) is 3.25. The molecule has 0 bridgehead atoms. The minimum Gasteiger partial charge on any atom is -0.482 e. The van der Waals surface area contributed by atoms with Crippen molar-refractivity contribution < 1.29 is 9.53 Å². The van der Waals surface area contributed by atoms with E-state index in [-0.39, 0.29) is 12.5 Å². The second-order valence-electron chi connectivity index (χ2n) is 6.63. The zero-order valence-corrected chi connectivity index (χ0v) is 16.2. The molecule has 28 heavy (non-hydrogen) atoms. The molecule has 142 valence electrons. The molecule has 2 heterocycles. The van der Waals surface area contributed by atoms with Gasteiger partial charge in [0.2, 0.25) is 0 Å². The van der Waals surface area contributed by atoms with Crippen LogP contribution in [-0.2, 0) is 11.3 Å². The Bertz CT molecular complexity index is 985. The molecule has 1 aliphatic rings. The van der Waals surface area contributed by atoms with Crippen molar-refractivity contribution in [2.45, 2.75) is 6.54 Å². The van der Waals surface area contributed by atoms with Gasteiger partial charge in [-0.3, -0.25) is 9.69 Å². The van der Waals surface area contributed by atoms with Crippen molar-refractivity contribution in [3.05, 3.63) is 59.1 Å². The van der Waals surface area contributed by atoms with Crippen LogP contribution in [0.15, 0.2) is 48.5 Å². The second-order valence-corrected chi connectivity index (χ2v) is 7.74. The first-order chi connectivity index (χ1) is 13.7. The van der Waals surface area contributed by atoms with E-state index in [2.05, 4.69) is 17.0 Å². The van der Waals surface area contributed by atoms with Gasteiger partial charge in [0.1, 0.15) is 16.8 Å². The van der Waals surface area contributed by atoms with Gasteiger partial charge in [-0.1, -0.05) is 24.3 Å². The predicted molar refractivity (Wildman–Crippen MR) is 108 cm³/mol. The molecule has 1 fully saturated rings. The topological polar surface area (TPSA) is 69.5 Å². The Morgan fingerprint density at radius 2 is 1.86 bits per heavy atom. The summed E-state index contributed by atoms with van der Waals surface area (Å²) in [5.74, 6) is 0.403. The molecular formula is C21H20N4O2S. The average molecular weight is 392 g/mol. The van der Waals surface area contributed by atoms with Crippen LogP contribution in [0.25, 0.3) is 10.2 Å². The predicted octanol–water partition coefficient (Wildman–Crippen LogP) is 2.89. The number of rotatable bonds is 5. The lowest BCUT2D eigenvalue weighted by Crippen LogP contribution is -2.49. The number of aromatic nitrogens is 1. The molecule has 1 amide bonds. The van der Waals surface area contributed by atoms with Crippen LogP contribution in [-0.4, -0.2) is 53.5 Å². The summed E-state index contributed by atoms with van der Waals surface area (Å²) < 4.78 is 6.77. The molecule has 0 atom stereocenters. The lowest BCUT2D eigenvalue weighted by Gasteiger charge is -2.34. The number of hydrogen-bond acceptors (Lipinski definition) is 6. The van der Waals surface area contributed by atoms with E-state index in [1.807, 2.05) is 23.1 Å². The van der Waals surface area contributed by atoms with E-state index >= 15 is 0 Å². The molecule has 1 saturated heterocycles. The average Bonchev–Trinajstić information content (AvgIpc) is 3.15. The van der Waals surface area contributed by atoms with Crippen LogP contribution in [0.5, 0.6) is 5.75 Å². The molecular weight excluding hydrogens is 372 g/mol. The number of fused-ring (bicyclic) bond motifs is 1. The van der Waals surface area contributed by atoms with Crippen LogP contribution in [0, 0.1) is 11.3 Å². The Hall–Kier alpha value is -2.95. The van der Waals surface area contributed by atoms with E-state index in [1.54, 1.807) is 35.6 Å². The monoisotopic (exact) mass is 392 g/mol. The van der Waals surface area contributed by atoms with Gasteiger partial charge in [0.25, 0.3) is 5.91 Å². The van der Waals surface area contributed by atoms with Crippen LogP contribution >= 0.6 is 11.3 Å². The molecule has 3 aromatic rings. The van der Waals surface area contributed by atoms with Crippen molar-refractivity contribution >= 4 is 27.5 Å². The highest BCUT2D eigenvalue weighted by Gasteiger charge is 2.22. The minimum atomic E-state index is -0.0487. The summed E-state index contributed by atoms with van der Waals surface area (Å²) in [4.78, 5) is 21.3. The quantitative estimate of drug-likeness (QED) is 0.668. The SMILES string of the molecule is N#Cc1ccccc1OCC(=O)N1CCN(Cc2nc3ccccc3s2)CC1. The van der Waals surface area contributed by atoms with Gasteiger partial charge in [0, 0.05) is 26.2 Å². The summed E-state index contributed by atoms with van der Waals surface area (Å²) in [6.07, 6.45) is 0. The second kappa shape index (κ2) is 8.38. The van der Waals surface area contributed by atoms with Crippen molar-refractivity contribution in [2.75, 3.05) is 32.8 Å². The van der Waals surface area contributed by atoms with E-state index in [1.165, 1.54) is 4.70 Å². The van der Waals surface area contributed by atoms with Gasteiger partial charge in [-0.15, -0.1) is 11.3 Å². The van der Waals surface area contributed by atoms with Gasteiger partial charge in [-0.05, 0) is 24.3 Å². The fraction of sp³-hybridized carbons (Fsp3) is 0.286. The summed E-state index contributed by atoms with van der Waals surface area (Å²) >= 11 is 1.73. The first-order valence-electron chi connectivity index (χ1n) is 9.19. The normalized spacial score (nSPS) is 14.8. The van der Waals surface area contributed by atoms with Crippen molar-refractivity contribution in [2.24, 2.45) is 0 Å². The highest BCUT2D eigenvalue weighted by Crippen LogP contribution is 2.23. The van der Waals surface area contributed by atoms with Crippen molar-refractivity contribution in [1.82, 2.24) is 14.8 Å². The zero-order valence-electron chi connectivity index (χ0n) is 15.4. The molecule has 0 saturated carbocycles. The number of benzene rings is 2. The van der Waals surface area contributed by atoms with E-state index in [0.29, 0.717) is 24.4 Å². The van der Waals surface area contributed by atoms with Gasteiger partial charge < -0.3 is 9.64 Å². The number of para-hydroxylation sites is 2. The largest absolute Gasteiger partial charge is 0.482 e. The van der Waals surface area contributed by atoms with Crippen LogP contribution in [0.4, 0.5) is 0 Å². The van der Waals surface area contributed by atoms with Crippen LogP contribution in [0.2, 0.25) is 0 Å². The molecule has 0 unspecified atom stereocenters. The highest BCUT2D eigenvalue weighted by atomic mass is 32.1. The number of amides is 1. The lowest BCUT2D eigenvalue weighted by molar-refractivity contribution is -0.135. The third kappa shape index (κ3) is 4.14. The van der Waals surface area contributed by atoms with Crippen molar-refractivity contribution in [3.63, 3.8) is 0 Å². The van der Waals surface area contributed by atoms with Crippen LogP contribution in [0.1, 0.15) is 10.6 Å². The summed E-state index contributed by atoms with van der Waals surface area (Å²) in [5, 5.41) is 10.2. The van der Waals surface area contributed by atoms with Crippen molar-refractivity contribution in [3.8, 4) is 11.8 Å². The first kappa shape index (κ1) is 18.4. The Morgan fingerprint density at radius 3 is 2.64 bits per heavy atom. The summed E-state index contributed by atoms with van der Waals surface area (Å²) in [7, 11) is 0. The van der Waals surface area contributed by atoms with Gasteiger partial charge in [-0.25, -0.2) is 4.98 Å². The molecule has 0 spiro atoms.